The lowest BCUT2D eigenvalue weighted by Crippen LogP contribution is -2.41. The van der Waals surface area contributed by atoms with Gasteiger partial charge in [-0.2, -0.15) is 4.31 Å². The second-order valence-corrected chi connectivity index (χ2v) is 7.93. The molecule has 1 aromatic carbocycles. The van der Waals surface area contributed by atoms with Gasteiger partial charge in [-0.25, -0.2) is 8.42 Å². The van der Waals surface area contributed by atoms with Gasteiger partial charge in [0, 0.05) is 25.2 Å². The molecule has 0 radical (unpaired) electrons. The van der Waals surface area contributed by atoms with E-state index in [1.807, 2.05) is 0 Å². The van der Waals surface area contributed by atoms with E-state index >= 15 is 0 Å². The minimum atomic E-state index is -3.89. The van der Waals surface area contributed by atoms with Crippen LogP contribution in [0.3, 0.4) is 0 Å². The fraction of sp³-hybridized carbons (Fsp3) is 0.500. The van der Waals surface area contributed by atoms with Crippen molar-refractivity contribution in [2.24, 2.45) is 0 Å². The molecule has 1 atom stereocenters. The van der Waals surface area contributed by atoms with Gasteiger partial charge in [0.25, 0.3) is 5.91 Å². The van der Waals surface area contributed by atoms with Crippen molar-refractivity contribution in [3.63, 3.8) is 0 Å². The fourth-order valence-electron chi connectivity index (χ4n) is 3.13. The van der Waals surface area contributed by atoms with E-state index in [9.17, 15) is 23.1 Å². The third-order valence-electron chi connectivity index (χ3n) is 4.49. The molecule has 136 valence electrons. The Labute approximate surface area is 146 Å². The first-order chi connectivity index (χ1) is 11.9. The van der Waals surface area contributed by atoms with E-state index in [0.717, 1.165) is 4.31 Å². The first-order valence-corrected chi connectivity index (χ1v) is 9.57. The van der Waals surface area contributed by atoms with Crippen LogP contribution in [0.5, 0.6) is 0 Å². The summed E-state index contributed by atoms with van der Waals surface area (Å²) < 4.78 is 31.6. The van der Waals surface area contributed by atoms with Crippen molar-refractivity contribution in [2.75, 3.05) is 32.8 Å². The number of benzene rings is 1. The van der Waals surface area contributed by atoms with Gasteiger partial charge in [0.2, 0.25) is 10.0 Å². The Bertz CT molecular complexity index is 755. The lowest BCUT2D eigenvalue weighted by molar-refractivity contribution is -0.140. The molecule has 3 rings (SSSR count). The minimum Gasteiger partial charge on any atom is -0.480 e. The maximum absolute atomic E-state index is 12.7. The zero-order valence-electron chi connectivity index (χ0n) is 13.6. The summed E-state index contributed by atoms with van der Waals surface area (Å²) in [6.45, 7) is 2.18. The molecule has 2 heterocycles. The molecule has 25 heavy (non-hydrogen) atoms. The predicted molar refractivity (Wildman–Crippen MR) is 87.7 cm³/mol. The number of carbonyl (C=O) groups excluding carboxylic acids is 1. The number of rotatable bonds is 4. The summed E-state index contributed by atoms with van der Waals surface area (Å²) in [4.78, 5) is 25.3. The highest BCUT2D eigenvalue weighted by Gasteiger charge is 2.39. The molecule has 0 aliphatic carbocycles. The van der Waals surface area contributed by atoms with E-state index in [1.54, 1.807) is 4.90 Å². The largest absolute Gasteiger partial charge is 0.480 e. The Kier molecular flexibility index (Phi) is 5.07. The summed E-state index contributed by atoms with van der Waals surface area (Å²) in [7, 11) is -3.89. The summed E-state index contributed by atoms with van der Waals surface area (Å²) in [5, 5.41) is 9.19. The maximum atomic E-state index is 12.7. The first kappa shape index (κ1) is 17.8. The van der Waals surface area contributed by atoms with Crippen molar-refractivity contribution in [1.82, 2.24) is 9.21 Å². The van der Waals surface area contributed by atoms with Gasteiger partial charge < -0.3 is 14.7 Å². The van der Waals surface area contributed by atoms with Crippen LogP contribution < -0.4 is 0 Å². The molecular weight excluding hydrogens is 348 g/mol. The van der Waals surface area contributed by atoms with Gasteiger partial charge in [0.1, 0.15) is 6.04 Å². The number of amides is 1. The number of sulfonamides is 1. The Morgan fingerprint density at radius 3 is 2.32 bits per heavy atom. The summed E-state index contributed by atoms with van der Waals surface area (Å²) in [5.41, 5.74) is 0.400. The van der Waals surface area contributed by atoms with Gasteiger partial charge in [-0.05, 0) is 37.1 Å². The van der Waals surface area contributed by atoms with Crippen molar-refractivity contribution in [3.8, 4) is 0 Å². The third kappa shape index (κ3) is 3.53. The highest BCUT2D eigenvalue weighted by molar-refractivity contribution is 7.89. The van der Waals surface area contributed by atoms with Crippen LogP contribution in [0.2, 0.25) is 0 Å². The van der Waals surface area contributed by atoms with E-state index in [4.69, 9.17) is 4.74 Å². The average Bonchev–Trinajstić information content (AvgIpc) is 3.13. The van der Waals surface area contributed by atoms with Crippen LogP contribution in [0, 0.1) is 0 Å². The van der Waals surface area contributed by atoms with Gasteiger partial charge in [-0.1, -0.05) is 0 Å². The zero-order chi connectivity index (χ0) is 18.0. The molecule has 1 aromatic rings. The molecule has 2 fully saturated rings. The molecule has 8 nitrogen and oxygen atoms in total. The van der Waals surface area contributed by atoms with E-state index in [0.29, 0.717) is 44.7 Å². The molecule has 9 heteroatoms. The Balaban J connectivity index is 1.79. The topological polar surface area (TPSA) is 104 Å². The number of aliphatic carboxylic acids is 1. The SMILES string of the molecule is O=C(O)[C@@H]1CCCN1S(=O)(=O)c1ccc(C(=O)N2CCOCC2)cc1. The normalized spacial score (nSPS) is 22.1. The van der Waals surface area contributed by atoms with Crippen LogP contribution in [0.15, 0.2) is 29.2 Å². The van der Waals surface area contributed by atoms with Crippen molar-refractivity contribution < 1.29 is 27.9 Å². The monoisotopic (exact) mass is 368 g/mol. The fourth-order valence-corrected chi connectivity index (χ4v) is 4.78. The van der Waals surface area contributed by atoms with Crippen molar-refractivity contribution in [3.05, 3.63) is 29.8 Å². The Morgan fingerprint density at radius 2 is 1.72 bits per heavy atom. The molecule has 0 unspecified atom stereocenters. The van der Waals surface area contributed by atoms with Crippen LogP contribution in [0.1, 0.15) is 23.2 Å². The van der Waals surface area contributed by atoms with Crippen molar-refractivity contribution in [2.45, 2.75) is 23.8 Å². The number of carboxylic acids is 1. The maximum Gasteiger partial charge on any atom is 0.322 e. The Hall–Kier alpha value is -1.97. The molecule has 2 aliphatic rings. The highest BCUT2D eigenvalue weighted by Crippen LogP contribution is 2.26. The number of hydrogen-bond donors (Lipinski definition) is 1. The van der Waals surface area contributed by atoms with Crippen LogP contribution in [0.25, 0.3) is 0 Å². The van der Waals surface area contributed by atoms with Crippen LogP contribution in [-0.2, 0) is 19.6 Å². The van der Waals surface area contributed by atoms with Crippen LogP contribution in [0.4, 0.5) is 0 Å². The second-order valence-electron chi connectivity index (χ2n) is 6.04. The lowest BCUT2D eigenvalue weighted by atomic mass is 10.2. The van der Waals surface area contributed by atoms with Gasteiger partial charge >= 0.3 is 5.97 Å². The quantitative estimate of drug-likeness (QED) is 0.825. The van der Waals surface area contributed by atoms with Crippen molar-refractivity contribution >= 4 is 21.9 Å². The van der Waals surface area contributed by atoms with Gasteiger partial charge in [0.15, 0.2) is 0 Å². The summed E-state index contributed by atoms with van der Waals surface area (Å²) >= 11 is 0. The molecule has 2 aliphatic heterocycles. The average molecular weight is 368 g/mol. The molecule has 0 spiro atoms. The number of carboxylic acid groups (broad SMARTS) is 1. The second kappa shape index (κ2) is 7.11. The minimum absolute atomic E-state index is 0.000762. The third-order valence-corrected chi connectivity index (χ3v) is 6.42. The molecule has 1 amide bonds. The summed E-state index contributed by atoms with van der Waals surface area (Å²) in [6, 6.07) is 4.63. The van der Waals surface area contributed by atoms with E-state index in [1.165, 1.54) is 24.3 Å². The molecule has 0 saturated carbocycles. The van der Waals surface area contributed by atoms with Crippen LogP contribution >= 0.6 is 0 Å². The molecular formula is C16H20N2O6S. The number of hydrogen-bond acceptors (Lipinski definition) is 5. The number of nitrogens with zero attached hydrogens (tertiary/aromatic N) is 2. The number of ether oxygens (including phenoxy) is 1. The molecule has 1 N–H and O–H groups in total. The number of carbonyl (C=O) groups is 2. The van der Waals surface area contributed by atoms with Gasteiger partial charge in [-0.3, -0.25) is 9.59 Å². The smallest absolute Gasteiger partial charge is 0.322 e. The standard InChI is InChI=1S/C16H20N2O6S/c19-15(17-8-10-24-11-9-17)12-3-5-13(6-4-12)25(22,23)18-7-1-2-14(18)16(20)21/h3-6,14H,1-2,7-11H2,(H,20,21)/t14-/m0/s1. The predicted octanol–water partition coefficient (Wildman–Crippen LogP) is 0.397. The molecule has 0 aromatic heterocycles. The number of morpholine rings is 1. The van der Waals surface area contributed by atoms with E-state index in [-0.39, 0.29) is 17.3 Å². The van der Waals surface area contributed by atoms with Gasteiger partial charge in [0.05, 0.1) is 18.1 Å². The zero-order valence-corrected chi connectivity index (χ0v) is 14.4. The van der Waals surface area contributed by atoms with Crippen LogP contribution in [-0.4, -0.2) is 73.5 Å². The van der Waals surface area contributed by atoms with E-state index < -0.39 is 22.0 Å². The summed E-state index contributed by atoms with van der Waals surface area (Å²) in [6.07, 6.45) is 0.825. The molecule has 0 bridgehead atoms. The first-order valence-electron chi connectivity index (χ1n) is 8.13. The van der Waals surface area contributed by atoms with Gasteiger partial charge in [-0.15, -0.1) is 0 Å². The summed E-state index contributed by atoms with van der Waals surface area (Å²) in [5.74, 6) is -1.31. The highest BCUT2D eigenvalue weighted by atomic mass is 32.2. The van der Waals surface area contributed by atoms with Crippen molar-refractivity contribution in [1.29, 1.82) is 0 Å². The van der Waals surface area contributed by atoms with E-state index in [2.05, 4.69) is 0 Å². The Morgan fingerprint density at radius 1 is 1.08 bits per heavy atom. The lowest BCUT2D eigenvalue weighted by Gasteiger charge is -2.27. The molecule has 2 saturated heterocycles.